The number of carbonyl (C=O) groups excluding carboxylic acids is 2. The summed E-state index contributed by atoms with van der Waals surface area (Å²) in [6.07, 6.45) is 5.88. The highest BCUT2D eigenvalue weighted by molar-refractivity contribution is 5.95. The Morgan fingerprint density at radius 3 is 2.52 bits per heavy atom. The normalized spacial score (nSPS) is 23.4. The lowest BCUT2D eigenvalue weighted by Crippen LogP contribution is -2.40. The molecule has 29 heavy (non-hydrogen) atoms. The van der Waals surface area contributed by atoms with E-state index in [0.717, 1.165) is 24.8 Å². The molecule has 1 N–H and O–H groups in total. The number of anilines is 1. The monoisotopic (exact) mass is 394 g/mol. The minimum Gasteiger partial charge on any atom is -0.493 e. The Kier molecular flexibility index (Phi) is 5.51. The molecule has 1 unspecified atom stereocenters. The lowest BCUT2D eigenvalue weighted by Gasteiger charge is -2.36. The Morgan fingerprint density at radius 1 is 1.10 bits per heavy atom. The van der Waals surface area contributed by atoms with Crippen molar-refractivity contribution in [2.75, 3.05) is 12.4 Å². The second kappa shape index (κ2) is 8.23. The number of aromatic nitrogens is 1. The van der Waals surface area contributed by atoms with Crippen molar-refractivity contribution in [3.63, 3.8) is 0 Å². The van der Waals surface area contributed by atoms with Gasteiger partial charge in [-0.2, -0.15) is 0 Å². The second-order valence-corrected chi connectivity index (χ2v) is 8.03. The molecule has 0 aliphatic heterocycles. The van der Waals surface area contributed by atoms with Crippen LogP contribution in [-0.2, 0) is 9.59 Å². The number of benzene rings is 1. The fourth-order valence-electron chi connectivity index (χ4n) is 4.42. The van der Waals surface area contributed by atoms with Gasteiger partial charge in [-0.3, -0.25) is 9.59 Å². The Bertz CT molecular complexity index is 894. The van der Waals surface area contributed by atoms with Crippen LogP contribution >= 0.6 is 0 Å². The van der Waals surface area contributed by atoms with E-state index in [4.69, 9.17) is 9.47 Å². The van der Waals surface area contributed by atoms with Crippen LogP contribution in [0.1, 0.15) is 37.7 Å². The van der Waals surface area contributed by atoms with Crippen LogP contribution in [0.25, 0.3) is 0 Å². The van der Waals surface area contributed by atoms with Gasteiger partial charge in [-0.25, -0.2) is 4.98 Å². The minimum absolute atomic E-state index is 0.0231. The summed E-state index contributed by atoms with van der Waals surface area (Å²) in [5.74, 6) is 2.02. The fourth-order valence-corrected chi connectivity index (χ4v) is 4.42. The number of nitrogens with zero attached hydrogens (tertiary/aromatic N) is 1. The first-order valence-electron chi connectivity index (χ1n) is 10.2. The predicted octanol–water partition coefficient (Wildman–Crippen LogP) is 4.52. The molecular weight excluding hydrogens is 368 g/mol. The summed E-state index contributed by atoms with van der Waals surface area (Å²) in [6.45, 7) is 1.98. The molecule has 2 aliphatic carbocycles. The first-order chi connectivity index (χ1) is 14.0. The van der Waals surface area contributed by atoms with Crippen LogP contribution in [0.4, 0.5) is 5.69 Å². The molecule has 1 aromatic heterocycles. The van der Waals surface area contributed by atoms with Crippen LogP contribution in [-0.4, -0.2) is 23.8 Å². The molecule has 152 valence electrons. The Hall–Kier alpha value is -2.89. The van der Waals surface area contributed by atoms with Crippen molar-refractivity contribution in [2.45, 2.75) is 39.0 Å². The molecular formula is C23H26N2O4. The molecule has 6 heteroatoms. The van der Waals surface area contributed by atoms with E-state index in [9.17, 15) is 9.59 Å². The lowest BCUT2D eigenvalue weighted by atomic mass is 9.67. The third kappa shape index (κ3) is 4.26. The van der Waals surface area contributed by atoms with Gasteiger partial charge in [0.1, 0.15) is 5.78 Å². The first-order valence-corrected chi connectivity index (χ1v) is 10.2. The summed E-state index contributed by atoms with van der Waals surface area (Å²) in [5.41, 5.74) is 1.70. The van der Waals surface area contributed by atoms with Crippen molar-refractivity contribution in [1.82, 2.24) is 4.98 Å². The largest absolute Gasteiger partial charge is 0.493 e. The van der Waals surface area contributed by atoms with Gasteiger partial charge < -0.3 is 14.8 Å². The number of hydrogen-bond acceptors (Lipinski definition) is 5. The van der Waals surface area contributed by atoms with Crippen LogP contribution in [0.2, 0.25) is 0 Å². The number of amides is 1. The number of pyridine rings is 1. The van der Waals surface area contributed by atoms with Gasteiger partial charge in [0.2, 0.25) is 11.8 Å². The zero-order valence-electron chi connectivity index (χ0n) is 16.8. The third-order valence-corrected chi connectivity index (χ3v) is 5.96. The van der Waals surface area contributed by atoms with Crippen molar-refractivity contribution < 1.29 is 19.1 Å². The zero-order valence-corrected chi connectivity index (χ0v) is 16.8. The van der Waals surface area contributed by atoms with Gasteiger partial charge >= 0.3 is 0 Å². The molecule has 2 aliphatic rings. The number of ether oxygens (including phenoxy) is 2. The topological polar surface area (TPSA) is 77.5 Å². The van der Waals surface area contributed by atoms with Crippen molar-refractivity contribution in [3.05, 3.63) is 42.1 Å². The minimum atomic E-state index is -0.101. The molecule has 0 spiro atoms. The molecule has 2 saturated carbocycles. The van der Waals surface area contributed by atoms with Gasteiger partial charge in [-0.1, -0.05) is 12.5 Å². The summed E-state index contributed by atoms with van der Waals surface area (Å²) in [5, 5.41) is 2.94. The molecule has 6 nitrogen and oxygen atoms in total. The summed E-state index contributed by atoms with van der Waals surface area (Å²) >= 11 is 0. The first kappa shape index (κ1) is 19.4. The zero-order chi connectivity index (χ0) is 20.4. The Morgan fingerprint density at radius 2 is 1.86 bits per heavy atom. The number of fused-ring (bicyclic) bond motifs is 2. The molecule has 1 amide bonds. The second-order valence-electron chi connectivity index (χ2n) is 8.03. The molecule has 1 aromatic carbocycles. The number of methoxy groups -OCH3 is 1. The third-order valence-electron chi connectivity index (χ3n) is 5.96. The van der Waals surface area contributed by atoms with Crippen LogP contribution in [0.5, 0.6) is 17.4 Å². The van der Waals surface area contributed by atoms with E-state index < -0.39 is 0 Å². The maximum Gasteiger partial charge on any atom is 0.227 e. The number of hydrogen-bond donors (Lipinski definition) is 1. The van der Waals surface area contributed by atoms with E-state index in [-0.39, 0.29) is 23.7 Å². The highest BCUT2D eigenvalue weighted by Crippen LogP contribution is 2.40. The van der Waals surface area contributed by atoms with Crippen molar-refractivity contribution in [1.29, 1.82) is 0 Å². The summed E-state index contributed by atoms with van der Waals surface area (Å²) < 4.78 is 11.2. The van der Waals surface area contributed by atoms with E-state index >= 15 is 0 Å². The summed E-state index contributed by atoms with van der Waals surface area (Å²) in [4.78, 5) is 29.2. The molecule has 0 saturated heterocycles. The molecule has 3 atom stereocenters. The van der Waals surface area contributed by atoms with Crippen molar-refractivity contribution in [2.24, 2.45) is 17.8 Å². The molecule has 2 fully saturated rings. The summed E-state index contributed by atoms with van der Waals surface area (Å²) in [7, 11) is 1.60. The number of ketones is 1. The molecule has 4 rings (SSSR count). The Labute approximate surface area is 170 Å². The fraction of sp³-hybridized carbons (Fsp3) is 0.435. The molecule has 0 radical (unpaired) electrons. The van der Waals surface area contributed by atoms with Crippen LogP contribution < -0.4 is 14.8 Å². The van der Waals surface area contributed by atoms with Crippen LogP contribution in [0.15, 0.2) is 36.5 Å². The average Bonchev–Trinajstić information content (AvgIpc) is 2.70. The SMILES string of the molecule is COc1cc(C)ccc1Oc1ccc(NC(=O)C2C[C@H]3CCC[C@@H](C2)C3=O)cn1. The van der Waals surface area contributed by atoms with Crippen molar-refractivity contribution >= 4 is 17.4 Å². The van der Waals surface area contributed by atoms with E-state index in [2.05, 4.69) is 10.3 Å². The molecule has 2 aromatic rings. The van der Waals surface area contributed by atoms with Gasteiger partial charge in [0.15, 0.2) is 11.5 Å². The average molecular weight is 394 g/mol. The number of nitrogens with one attached hydrogen (secondary N) is 1. The van der Waals surface area contributed by atoms with E-state index in [0.29, 0.717) is 41.7 Å². The van der Waals surface area contributed by atoms with Gasteiger partial charge in [-0.05, 0) is 56.4 Å². The highest BCUT2D eigenvalue weighted by Gasteiger charge is 2.41. The van der Waals surface area contributed by atoms with Gasteiger partial charge in [-0.15, -0.1) is 0 Å². The lowest BCUT2D eigenvalue weighted by molar-refractivity contribution is -0.136. The van der Waals surface area contributed by atoms with Crippen molar-refractivity contribution in [3.8, 4) is 17.4 Å². The van der Waals surface area contributed by atoms with Gasteiger partial charge in [0.25, 0.3) is 0 Å². The molecule has 1 heterocycles. The maximum absolute atomic E-state index is 12.7. The smallest absolute Gasteiger partial charge is 0.227 e. The van der Waals surface area contributed by atoms with E-state index in [1.54, 1.807) is 25.4 Å². The molecule has 2 bridgehead atoms. The number of aryl methyl sites for hydroxylation is 1. The number of Topliss-reactive ketones (excluding diaryl/α,β-unsaturated/α-hetero) is 1. The number of rotatable bonds is 5. The maximum atomic E-state index is 12.7. The van der Waals surface area contributed by atoms with Crippen LogP contribution in [0, 0.1) is 24.7 Å². The number of carbonyl (C=O) groups is 2. The predicted molar refractivity (Wildman–Crippen MR) is 109 cm³/mol. The van der Waals surface area contributed by atoms with Gasteiger partial charge in [0, 0.05) is 23.8 Å². The van der Waals surface area contributed by atoms with Crippen LogP contribution in [0.3, 0.4) is 0 Å². The van der Waals surface area contributed by atoms with E-state index in [1.165, 1.54) is 0 Å². The highest BCUT2D eigenvalue weighted by atomic mass is 16.5. The standard InChI is InChI=1S/C23H26N2O4/c1-14-6-8-19(20(10-14)28-2)29-21-9-7-18(13-24-21)25-23(27)17-11-15-4-3-5-16(12-17)22(15)26/h6-10,13,15-17H,3-5,11-12H2,1-2H3,(H,25,27)/t15-,16+,17?. The summed E-state index contributed by atoms with van der Waals surface area (Å²) in [6, 6.07) is 9.17. The van der Waals surface area contributed by atoms with Gasteiger partial charge in [0.05, 0.1) is 19.0 Å². The Balaban J connectivity index is 1.38. The van der Waals surface area contributed by atoms with E-state index in [1.807, 2.05) is 25.1 Å². The quantitative estimate of drug-likeness (QED) is 0.806.